The second-order valence-corrected chi connectivity index (χ2v) is 6.35. The molecule has 0 radical (unpaired) electrons. The van der Waals surface area contributed by atoms with Gasteiger partial charge in [0.1, 0.15) is 5.82 Å². The van der Waals surface area contributed by atoms with Crippen molar-refractivity contribution in [1.82, 2.24) is 9.71 Å². The number of nitrogens with zero attached hydrogens (tertiary/aromatic N) is 1. The normalized spacial score (nSPS) is 10.9. The molecule has 8 heteroatoms. The lowest BCUT2D eigenvalue weighted by atomic mass is 10.2. The molecular formula is C15H17N3O4S. The third kappa shape index (κ3) is 4.68. The van der Waals surface area contributed by atoms with E-state index >= 15 is 0 Å². The molecule has 2 N–H and O–H groups in total. The number of benzene rings is 1. The predicted octanol–water partition coefficient (Wildman–Crippen LogP) is 2.30. The summed E-state index contributed by atoms with van der Waals surface area (Å²) < 4.78 is 31.3. The molecule has 0 saturated carbocycles. The van der Waals surface area contributed by atoms with Crippen LogP contribution in [-0.4, -0.2) is 26.0 Å². The maximum atomic E-state index is 12.1. The van der Waals surface area contributed by atoms with Gasteiger partial charge in [-0.1, -0.05) is 23.8 Å². The number of hydrogen-bond donors (Lipinski definition) is 2. The highest BCUT2D eigenvalue weighted by molar-refractivity contribution is 7.90. The monoisotopic (exact) mass is 335 g/mol. The van der Waals surface area contributed by atoms with E-state index in [4.69, 9.17) is 4.74 Å². The van der Waals surface area contributed by atoms with E-state index in [1.807, 2.05) is 18.6 Å². The van der Waals surface area contributed by atoms with Crippen LogP contribution in [-0.2, 0) is 10.0 Å². The zero-order chi connectivity index (χ0) is 16.9. The number of urea groups is 1. The van der Waals surface area contributed by atoms with Crippen molar-refractivity contribution in [2.75, 3.05) is 11.9 Å². The Labute approximate surface area is 134 Å². The molecule has 122 valence electrons. The molecule has 0 unspecified atom stereocenters. The summed E-state index contributed by atoms with van der Waals surface area (Å²) in [7, 11) is -3.94. The smallest absolute Gasteiger partial charge is 0.334 e. The molecule has 0 fully saturated rings. The summed E-state index contributed by atoms with van der Waals surface area (Å²) in [5.41, 5.74) is 0.922. The fourth-order valence-corrected chi connectivity index (χ4v) is 2.66. The minimum absolute atomic E-state index is 0.00859. The molecule has 23 heavy (non-hydrogen) atoms. The van der Waals surface area contributed by atoms with Gasteiger partial charge in [0.2, 0.25) is 5.88 Å². The van der Waals surface area contributed by atoms with E-state index in [0.717, 1.165) is 5.56 Å². The number of sulfonamides is 1. The molecule has 0 aliphatic rings. The van der Waals surface area contributed by atoms with Crippen LogP contribution in [0.1, 0.15) is 12.5 Å². The third-order valence-electron chi connectivity index (χ3n) is 2.82. The first-order valence-electron chi connectivity index (χ1n) is 6.91. The van der Waals surface area contributed by atoms with Gasteiger partial charge < -0.3 is 4.74 Å². The van der Waals surface area contributed by atoms with Gasteiger partial charge in [0.15, 0.2) is 0 Å². The molecule has 0 aliphatic heterocycles. The molecule has 1 aromatic carbocycles. The summed E-state index contributed by atoms with van der Waals surface area (Å²) in [5, 5.41) is 2.36. The Balaban J connectivity index is 2.06. The average Bonchev–Trinajstić information content (AvgIpc) is 2.47. The Morgan fingerprint density at radius 2 is 1.87 bits per heavy atom. The number of aromatic nitrogens is 1. The molecule has 2 rings (SSSR count). The summed E-state index contributed by atoms with van der Waals surface area (Å²) in [6, 6.07) is 10.1. The first-order valence-corrected chi connectivity index (χ1v) is 8.39. The van der Waals surface area contributed by atoms with Crippen molar-refractivity contribution in [1.29, 1.82) is 0 Å². The van der Waals surface area contributed by atoms with E-state index in [9.17, 15) is 13.2 Å². The highest BCUT2D eigenvalue weighted by atomic mass is 32.2. The van der Waals surface area contributed by atoms with Gasteiger partial charge in [-0.05, 0) is 32.0 Å². The molecule has 1 heterocycles. The summed E-state index contributed by atoms with van der Waals surface area (Å²) in [6.07, 6.45) is 0. The van der Waals surface area contributed by atoms with Gasteiger partial charge in [-0.2, -0.15) is 4.98 Å². The number of ether oxygens (including phenoxy) is 1. The van der Waals surface area contributed by atoms with Crippen LogP contribution in [0, 0.1) is 6.92 Å². The van der Waals surface area contributed by atoms with Crippen LogP contribution in [0.3, 0.4) is 0 Å². The lowest BCUT2D eigenvalue weighted by Crippen LogP contribution is -2.34. The summed E-state index contributed by atoms with van der Waals surface area (Å²) >= 11 is 0. The number of pyridine rings is 1. The lowest BCUT2D eigenvalue weighted by Gasteiger charge is -2.09. The number of aryl methyl sites for hydroxylation is 1. The summed E-state index contributed by atoms with van der Waals surface area (Å²) in [5.74, 6) is 0.527. The van der Waals surface area contributed by atoms with Gasteiger partial charge in [0, 0.05) is 6.07 Å². The van der Waals surface area contributed by atoms with Crippen molar-refractivity contribution in [3.05, 3.63) is 48.0 Å². The van der Waals surface area contributed by atoms with Crippen molar-refractivity contribution in [2.24, 2.45) is 0 Å². The molecule has 7 nitrogen and oxygen atoms in total. The highest BCUT2D eigenvalue weighted by Gasteiger charge is 2.17. The molecule has 0 saturated heterocycles. The number of rotatable bonds is 5. The molecule has 1 aromatic heterocycles. The van der Waals surface area contributed by atoms with E-state index in [2.05, 4.69) is 10.3 Å². The Morgan fingerprint density at radius 3 is 2.52 bits per heavy atom. The zero-order valence-corrected chi connectivity index (χ0v) is 13.6. The zero-order valence-electron chi connectivity index (χ0n) is 12.7. The maximum absolute atomic E-state index is 12.1. The van der Waals surface area contributed by atoms with Crippen LogP contribution in [0.2, 0.25) is 0 Å². The SMILES string of the molecule is CCOc1cccc(NC(=O)NS(=O)(=O)c2ccc(C)cc2)n1. The van der Waals surface area contributed by atoms with Gasteiger partial charge in [0.05, 0.1) is 11.5 Å². The van der Waals surface area contributed by atoms with Crippen LogP contribution >= 0.6 is 0 Å². The average molecular weight is 335 g/mol. The third-order valence-corrected chi connectivity index (χ3v) is 4.16. The molecule has 0 aliphatic carbocycles. The number of amides is 2. The molecule has 2 aromatic rings. The summed E-state index contributed by atoms with van der Waals surface area (Å²) in [4.78, 5) is 15.9. The van der Waals surface area contributed by atoms with Gasteiger partial charge in [-0.15, -0.1) is 0 Å². The second-order valence-electron chi connectivity index (χ2n) is 4.67. The Morgan fingerprint density at radius 1 is 1.17 bits per heavy atom. The fourth-order valence-electron chi connectivity index (χ4n) is 1.75. The lowest BCUT2D eigenvalue weighted by molar-refractivity contribution is 0.256. The van der Waals surface area contributed by atoms with E-state index in [0.29, 0.717) is 12.5 Å². The molecule has 0 spiro atoms. The highest BCUT2D eigenvalue weighted by Crippen LogP contribution is 2.12. The van der Waals surface area contributed by atoms with Crippen molar-refractivity contribution >= 4 is 21.9 Å². The fraction of sp³-hybridized carbons (Fsp3) is 0.200. The Kier molecular flexibility index (Phi) is 5.17. The quantitative estimate of drug-likeness (QED) is 0.874. The van der Waals surface area contributed by atoms with Gasteiger partial charge in [-0.25, -0.2) is 17.9 Å². The first-order chi connectivity index (χ1) is 10.9. The van der Waals surface area contributed by atoms with Gasteiger partial charge in [-0.3, -0.25) is 5.32 Å². The Bertz CT molecular complexity index is 789. The number of anilines is 1. The van der Waals surface area contributed by atoms with Crippen molar-refractivity contribution in [2.45, 2.75) is 18.7 Å². The second kappa shape index (κ2) is 7.10. The van der Waals surface area contributed by atoms with Crippen LogP contribution in [0.15, 0.2) is 47.4 Å². The van der Waals surface area contributed by atoms with E-state index in [1.54, 1.807) is 24.3 Å². The van der Waals surface area contributed by atoms with E-state index in [-0.39, 0.29) is 10.7 Å². The van der Waals surface area contributed by atoms with E-state index < -0.39 is 16.1 Å². The molecular weight excluding hydrogens is 318 g/mol. The van der Waals surface area contributed by atoms with Crippen LogP contribution in [0.5, 0.6) is 5.88 Å². The standard InChI is InChI=1S/C15H17N3O4S/c1-3-22-14-6-4-5-13(16-14)17-15(19)18-23(20,21)12-9-7-11(2)8-10-12/h4-10H,3H2,1-2H3,(H2,16,17,18,19). The topological polar surface area (TPSA) is 97.4 Å². The van der Waals surface area contributed by atoms with E-state index in [1.165, 1.54) is 18.2 Å². The van der Waals surface area contributed by atoms with Crippen LogP contribution < -0.4 is 14.8 Å². The number of nitrogens with one attached hydrogen (secondary N) is 2. The van der Waals surface area contributed by atoms with Crippen molar-refractivity contribution in [3.63, 3.8) is 0 Å². The number of carbonyl (C=O) groups is 1. The molecule has 0 atom stereocenters. The van der Waals surface area contributed by atoms with Crippen LogP contribution in [0.25, 0.3) is 0 Å². The first kappa shape index (κ1) is 16.8. The number of carbonyl (C=O) groups excluding carboxylic acids is 1. The molecule has 0 bridgehead atoms. The minimum Gasteiger partial charge on any atom is -0.478 e. The van der Waals surface area contributed by atoms with Crippen LogP contribution in [0.4, 0.5) is 10.6 Å². The molecule has 2 amide bonds. The van der Waals surface area contributed by atoms with Gasteiger partial charge in [0.25, 0.3) is 10.0 Å². The number of hydrogen-bond acceptors (Lipinski definition) is 5. The Hall–Kier alpha value is -2.61. The largest absolute Gasteiger partial charge is 0.478 e. The minimum atomic E-state index is -3.94. The van der Waals surface area contributed by atoms with Crippen molar-refractivity contribution in [3.8, 4) is 5.88 Å². The summed E-state index contributed by atoms with van der Waals surface area (Å²) in [6.45, 7) is 4.08. The maximum Gasteiger partial charge on any atom is 0.334 e. The predicted molar refractivity (Wildman–Crippen MR) is 85.9 cm³/mol. The van der Waals surface area contributed by atoms with Gasteiger partial charge >= 0.3 is 6.03 Å². The van der Waals surface area contributed by atoms with Crippen molar-refractivity contribution < 1.29 is 17.9 Å².